The van der Waals surface area contributed by atoms with Crippen LogP contribution in [0.25, 0.3) is 0 Å². The average Bonchev–Trinajstić information content (AvgIpc) is 2.20. The lowest BCUT2D eigenvalue weighted by Gasteiger charge is -2.09. The van der Waals surface area contributed by atoms with Crippen molar-refractivity contribution in [1.29, 1.82) is 0 Å². The molecule has 0 unspecified atom stereocenters. The molecule has 0 atom stereocenters. The maximum absolute atomic E-state index is 9.03. The first-order valence-corrected chi connectivity index (χ1v) is 4.66. The minimum absolute atomic E-state index is 0.0805. The molecule has 0 saturated heterocycles. The highest BCUT2D eigenvalue weighted by Gasteiger charge is 2.03. The molecule has 0 saturated carbocycles. The van der Waals surface area contributed by atoms with Crippen molar-refractivity contribution in [2.45, 2.75) is 6.61 Å². The average molecular weight is 217 g/mol. The fraction of sp³-hybridized carbons (Fsp3) is 0.400. The molecule has 1 N–H and O–H groups in total. The quantitative estimate of drug-likeness (QED) is 0.764. The molecular weight excluding hydrogens is 204 g/mol. The summed E-state index contributed by atoms with van der Waals surface area (Å²) in [4.78, 5) is 0. The van der Waals surface area contributed by atoms with E-state index in [1.165, 1.54) is 0 Å². The van der Waals surface area contributed by atoms with Gasteiger partial charge in [-0.1, -0.05) is 11.6 Å². The number of aliphatic hydroxyl groups is 1. The summed E-state index contributed by atoms with van der Waals surface area (Å²) in [6.07, 6.45) is 0. The van der Waals surface area contributed by atoms with E-state index < -0.39 is 0 Å². The molecular formula is C10H13ClO3. The van der Waals surface area contributed by atoms with E-state index in [0.717, 1.165) is 0 Å². The fourth-order valence-corrected chi connectivity index (χ4v) is 1.24. The van der Waals surface area contributed by atoms with Gasteiger partial charge in [0, 0.05) is 17.7 Å². The van der Waals surface area contributed by atoms with Gasteiger partial charge in [0.15, 0.2) is 0 Å². The summed E-state index contributed by atoms with van der Waals surface area (Å²) < 4.78 is 10.2. The summed E-state index contributed by atoms with van der Waals surface area (Å²) in [5.74, 6) is 0.647. The standard InChI is InChI=1S/C10H13ClO3/c1-13-4-5-14-10-3-2-9(11)6-8(10)7-12/h2-3,6,12H,4-5,7H2,1H3. The number of ether oxygens (including phenoxy) is 2. The van der Waals surface area contributed by atoms with Gasteiger partial charge >= 0.3 is 0 Å². The lowest BCUT2D eigenvalue weighted by molar-refractivity contribution is 0.144. The largest absolute Gasteiger partial charge is 0.491 e. The summed E-state index contributed by atoms with van der Waals surface area (Å²) in [7, 11) is 1.61. The van der Waals surface area contributed by atoms with Crippen molar-refractivity contribution in [2.75, 3.05) is 20.3 Å². The van der Waals surface area contributed by atoms with E-state index in [-0.39, 0.29) is 6.61 Å². The Labute approximate surface area is 88.2 Å². The lowest BCUT2D eigenvalue weighted by atomic mass is 10.2. The van der Waals surface area contributed by atoms with Crippen molar-refractivity contribution in [3.8, 4) is 5.75 Å². The van der Waals surface area contributed by atoms with Crippen LogP contribution in [0.15, 0.2) is 18.2 Å². The highest BCUT2D eigenvalue weighted by molar-refractivity contribution is 6.30. The van der Waals surface area contributed by atoms with Gasteiger partial charge in [-0.05, 0) is 18.2 Å². The van der Waals surface area contributed by atoms with E-state index in [1.54, 1.807) is 25.3 Å². The Morgan fingerprint density at radius 2 is 2.14 bits per heavy atom. The van der Waals surface area contributed by atoms with Crippen LogP contribution in [-0.4, -0.2) is 25.4 Å². The third-order valence-electron chi connectivity index (χ3n) is 1.74. The number of hydrogen-bond donors (Lipinski definition) is 1. The van der Waals surface area contributed by atoms with Crippen molar-refractivity contribution < 1.29 is 14.6 Å². The van der Waals surface area contributed by atoms with Crippen molar-refractivity contribution >= 4 is 11.6 Å². The Balaban J connectivity index is 2.65. The molecule has 0 heterocycles. The molecule has 14 heavy (non-hydrogen) atoms. The Morgan fingerprint density at radius 3 is 2.79 bits per heavy atom. The monoisotopic (exact) mass is 216 g/mol. The second-order valence-electron chi connectivity index (χ2n) is 2.75. The van der Waals surface area contributed by atoms with E-state index >= 15 is 0 Å². The Hall–Kier alpha value is -0.770. The molecule has 1 aromatic carbocycles. The summed E-state index contributed by atoms with van der Waals surface area (Å²) in [5.41, 5.74) is 0.689. The van der Waals surface area contributed by atoms with Crippen LogP contribution in [0.2, 0.25) is 5.02 Å². The molecule has 0 amide bonds. The van der Waals surface area contributed by atoms with Gasteiger partial charge in [0.2, 0.25) is 0 Å². The van der Waals surface area contributed by atoms with Crippen molar-refractivity contribution in [3.05, 3.63) is 28.8 Å². The third kappa shape index (κ3) is 3.18. The number of halogens is 1. The molecule has 0 aliphatic rings. The maximum Gasteiger partial charge on any atom is 0.125 e. The van der Waals surface area contributed by atoms with Gasteiger partial charge in [-0.3, -0.25) is 0 Å². The van der Waals surface area contributed by atoms with Gasteiger partial charge in [0.25, 0.3) is 0 Å². The van der Waals surface area contributed by atoms with Crippen LogP contribution >= 0.6 is 11.6 Å². The van der Waals surface area contributed by atoms with Crippen molar-refractivity contribution in [1.82, 2.24) is 0 Å². The number of rotatable bonds is 5. The predicted octanol–water partition coefficient (Wildman–Crippen LogP) is 1.86. The molecule has 0 aliphatic heterocycles. The molecule has 0 bridgehead atoms. The first-order chi connectivity index (χ1) is 6.77. The molecule has 0 aromatic heterocycles. The lowest BCUT2D eigenvalue weighted by Crippen LogP contribution is -2.05. The summed E-state index contributed by atoms with van der Waals surface area (Å²) >= 11 is 5.77. The van der Waals surface area contributed by atoms with Crippen molar-refractivity contribution in [2.24, 2.45) is 0 Å². The van der Waals surface area contributed by atoms with Crippen LogP contribution < -0.4 is 4.74 Å². The summed E-state index contributed by atoms with van der Waals surface area (Å²) in [6, 6.07) is 5.15. The predicted molar refractivity (Wildman–Crippen MR) is 54.7 cm³/mol. The van der Waals surface area contributed by atoms with E-state index in [9.17, 15) is 0 Å². The van der Waals surface area contributed by atoms with Crippen LogP contribution in [0.5, 0.6) is 5.75 Å². The number of benzene rings is 1. The van der Waals surface area contributed by atoms with Gasteiger partial charge in [0.05, 0.1) is 13.2 Å². The summed E-state index contributed by atoms with van der Waals surface area (Å²) in [6.45, 7) is 0.904. The van der Waals surface area contributed by atoms with Crippen LogP contribution in [0, 0.1) is 0 Å². The Bertz CT molecular complexity index is 289. The molecule has 1 rings (SSSR count). The number of hydrogen-bond acceptors (Lipinski definition) is 3. The topological polar surface area (TPSA) is 38.7 Å². The molecule has 0 spiro atoms. The van der Waals surface area contributed by atoms with Crippen LogP contribution in [0.4, 0.5) is 0 Å². The molecule has 4 heteroatoms. The van der Waals surface area contributed by atoms with Gasteiger partial charge in [-0.15, -0.1) is 0 Å². The third-order valence-corrected chi connectivity index (χ3v) is 1.97. The summed E-state index contributed by atoms with van der Waals surface area (Å²) in [5, 5.41) is 9.62. The number of methoxy groups -OCH3 is 1. The highest BCUT2D eigenvalue weighted by Crippen LogP contribution is 2.22. The molecule has 0 aliphatic carbocycles. The van der Waals surface area contributed by atoms with E-state index in [1.807, 2.05) is 0 Å². The first-order valence-electron chi connectivity index (χ1n) is 4.29. The second kappa shape index (κ2) is 5.86. The van der Waals surface area contributed by atoms with E-state index in [2.05, 4.69) is 0 Å². The van der Waals surface area contributed by atoms with Gasteiger partial charge in [-0.2, -0.15) is 0 Å². The van der Waals surface area contributed by atoms with Crippen LogP contribution in [0.1, 0.15) is 5.56 Å². The molecule has 78 valence electrons. The van der Waals surface area contributed by atoms with Gasteiger partial charge in [0.1, 0.15) is 12.4 Å². The fourth-order valence-electron chi connectivity index (χ4n) is 1.05. The maximum atomic E-state index is 9.03. The van der Waals surface area contributed by atoms with Crippen LogP contribution in [-0.2, 0) is 11.3 Å². The normalized spacial score (nSPS) is 10.2. The SMILES string of the molecule is COCCOc1ccc(Cl)cc1CO. The molecule has 3 nitrogen and oxygen atoms in total. The Kier molecular flexibility index (Phi) is 4.73. The molecule has 1 aromatic rings. The zero-order valence-corrected chi connectivity index (χ0v) is 8.75. The first kappa shape index (κ1) is 11.3. The highest BCUT2D eigenvalue weighted by atomic mass is 35.5. The number of aliphatic hydroxyl groups excluding tert-OH is 1. The minimum Gasteiger partial charge on any atom is -0.491 e. The van der Waals surface area contributed by atoms with E-state index in [4.69, 9.17) is 26.2 Å². The molecule has 0 radical (unpaired) electrons. The van der Waals surface area contributed by atoms with Crippen molar-refractivity contribution in [3.63, 3.8) is 0 Å². The van der Waals surface area contributed by atoms with Crippen LogP contribution in [0.3, 0.4) is 0 Å². The second-order valence-corrected chi connectivity index (χ2v) is 3.19. The molecule has 0 fully saturated rings. The van der Waals surface area contributed by atoms with Gasteiger partial charge in [-0.25, -0.2) is 0 Å². The minimum atomic E-state index is -0.0805. The Morgan fingerprint density at radius 1 is 1.36 bits per heavy atom. The zero-order chi connectivity index (χ0) is 10.4. The van der Waals surface area contributed by atoms with Gasteiger partial charge < -0.3 is 14.6 Å². The zero-order valence-electron chi connectivity index (χ0n) is 8.00. The van der Waals surface area contributed by atoms with E-state index in [0.29, 0.717) is 29.5 Å². The smallest absolute Gasteiger partial charge is 0.125 e.